The Balaban J connectivity index is 0.00000280. The zero-order valence-electron chi connectivity index (χ0n) is 16.1. The van der Waals surface area contributed by atoms with Gasteiger partial charge in [-0.2, -0.15) is 0 Å². The predicted molar refractivity (Wildman–Crippen MR) is 109 cm³/mol. The minimum atomic E-state index is -0.260. The number of benzene rings is 1. The van der Waals surface area contributed by atoms with Gasteiger partial charge in [0.2, 0.25) is 0 Å². The second kappa shape index (κ2) is 11.8. The van der Waals surface area contributed by atoms with E-state index in [2.05, 4.69) is 20.9 Å². The van der Waals surface area contributed by atoms with Crippen molar-refractivity contribution < 1.29 is 14.3 Å². The molecule has 2 aromatic rings. The molecule has 0 radical (unpaired) electrons. The molecule has 28 heavy (non-hydrogen) atoms. The largest absolute Gasteiger partial charge is 0.379 e. The first-order valence-corrected chi connectivity index (χ1v) is 9.44. The van der Waals surface area contributed by atoms with E-state index in [4.69, 9.17) is 9.47 Å². The van der Waals surface area contributed by atoms with Crippen LogP contribution in [0, 0.1) is 0 Å². The number of nitrogens with zero attached hydrogens (tertiary/aromatic N) is 3. The second-order valence-electron chi connectivity index (χ2n) is 6.47. The Hall–Kier alpha value is -2.00. The number of hydrogen-bond acceptors (Lipinski definition) is 6. The van der Waals surface area contributed by atoms with E-state index in [9.17, 15) is 4.79 Å². The smallest absolute Gasteiger partial charge is 0.277 e. The number of amides is 1. The van der Waals surface area contributed by atoms with Gasteiger partial charge in [-0.1, -0.05) is 17.3 Å². The number of halogens is 1. The summed E-state index contributed by atoms with van der Waals surface area (Å²) in [6.45, 7) is 6.17. The Morgan fingerprint density at radius 1 is 1.29 bits per heavy atom. The summed E-state index contributed by atoms with van der Waals surface area (Å²) in [5.41, 5.74) is 2.02. The molecule has 0 unspecified atom stereocenters. The molecule has 1 aliphatic heterocycles. The number of rotatable bonds is 9. The topological polar surface area (TPSA) is 90.3 Å². The maximum absolute atomic E-state index is 12.5. The molecule has 1 amide bonds. The molecular formula is C19H28ClN5O3. The molecule has 2 N–H and O–H groups in total. The quantitative estimate of drug-likeness (QED) is 0.618. The Morgan fingerprint density at radius 3 is 2.86 bits per heavy atom. The van der Waals surface area contributed by atoms with E-state index >= 15 is 0 Å². The van der Waals surface area contributed by atoms with Crippen molar-refractivity contribution in [3.63, 3.8) is 0 Å². The van der Waals surface area contributed by atoms with Crippen LogP contribution in [0.2, 0.25) is 0 Å². The first-order chi connectivity index (χ1) is 13.3. The molecule has 1 fully saturated rings. The summed E-state index contributed by atoms with van der Waals surface area (Å²) < 4.78 is 12.6. The lowest BCUT2D eigenvalue weighted by molar-refractivity contribution is 0.0453. The van der Waals surface area contributed by atoms with Gasteiger partial charge < -0.3 is 20.1 Å². The average Bonchev–Trinajstić information content (AvgIpc) is 3.19. The lowest BCUT2D eigenvalue weighted by Gasteiger charge is -2.22. The molecular weight excluding hydrogens is 382 g/mol. The van der Waals surface area contributed by atoms with Crippen LogP contribution in [0.5, 0.6) is 0 Å². The molecule has 3 rings (SSSR count). The first kappa shape index (κ1) is 22.3. The molecule has 0 saturated carbocycles. The first-order valence-electron chi connectivity index (χ1n) is 9.44. The van der Waals surface area contributed by atoms with Gasteiger partial charge in [-0.25, -0.2) is 4.68 Å². The van der Waals surface area contributed by atoms with Crippen molar-refractivity contribution in [1.29, 1.82) is 0 Å². The van der Waals surface area contributed by atoms with Gasteiger partial charge in [0, 0.05) is 12.3 Å². The van der Waals surface area contributed by atoms with E-state index < -0.39 is 0 Å². The number of hydrogen-bond donors (Lipinski definition) is 2. The van der Waals surface area contributed by atoms with E-state index in [1.165, 1.54) is 0 Å². The highest BCUT2D eigenvalue weighted by Crippen LogP contribution is 2.18. The molecule has 2 heterocycles. The molecule has 1 aromatic carbocycles. The molecule has 154 valence electrons. The van der Waals surface area contributed by atoms with Crippen molar-refractivity contribution in [2.24, 2.45) is 0 Å². The highest BCUT2D eigenvalue weighted by Gasteiger charge is 2.18. The lowest BCUT2D eigenvalue weighted by Crippen LogP contribution is -2.29. The number of piperidine rings is 1. The maximum atomic E-state index is 12.5. The van der Waals surface area contributed by atoms with Crippen LogP contribution in [-0.2, 0) is 16.1 Å². The average molecular weight is 410 g/mol. The molecule has 0 spiro atoms. The Morgan fingerprint density at radius 2 is 2.07 bits per heavy atom. The summed E-state index contributed by atoms with van der Waals surface area (Å²) in [4.78, 5) is 12.5. The van der Waals surface area contributed by atoms with Crippen molar-refractivity contribution in [3.8, 4) is 0 Å². The number of ether oxygens (including phenoxy) is 2. The van der Waals surface area contributed by atoms with E-state index in [0.29, 0.717) is 43.9 Å². The van der Waals surface area contributed by atoms with Crippen molar-refractivity contribution >= 4 is 24.0 Å². The maximum Gasteiger partial charge on any atom is 0.277 e. The number of aromatic nitrogens is 3. The van der Waals surface area contributed by atoms with Crippen LogP contribution in [0.4, 0.5) is 5.69 Å². The minimum Gasteiger partial charge on any atom is -0.379 e. The Bertz CT molecular complexity index is 734. The Kier molecular flexibility index (Phi) is 9.36. The van der Waals surface area contributed by atoms with Gasteiger partial charge in [0.25, 0.3) is 5.91 Å². The minimum absolute atomic E-state index is 0. The van der Waals surface area contributed by atoms with E-state index in [1.54, 1.807) is 10.9 Å². The van der Waals surface area contributed by atoms with Crippen molar-refractivity contribution in [1.82, 2.24) is 20.3 Å². The fourth-order valence-corrected chi connectivity index (χ4v) is 3.02. The summed E-state index contributed by atoms with van der Waals surface area (Å²) in [6.07, 6.45) is 3.72. The van der Waals surface area contributed by atoms with Gasteiger partial charge >= 0.3 is 0 Å². The van der Waals surface area contributed by atoms with Crippen LogP contribution in [0.1, 0.15) is 41.9 Å². The third-order valence-electron chi connectivity index (χ3n) is 4.46. The summed E-state index contributed by atoms with van der Waals surface area (Å²) >= 11 is 0. The third kappa shape index (κ3) is 6.56. The fraction of sp³-hybridized carbons (Fsp3) is 0.526. The number of nitrogens with one attached hydrogen (secondary N) is 2. The second-order valence-corrected chi connectivity index (χ2v) is 6.47. The van der Waals surface area contributed by atoms with Crippen LogP contribution < -0.4 is 10.6 Å². The van der Waals surface area contributed by atoms with Gasteiger partial charge in [-0.05, 0) is 50.6 Å². The molecule has 1 aromatic heterocycles. The van der Waals surface area contributed by atoms with Crippen LogP contribution in [0.25, 0.3) is 0 Å². The standard InChI is InChI=1S/C19H27N5O3.ClH/c1-2-26-10-11-27-14-15-4-3-5-16(12-15)21-19(25)18-13-24(23-22-18)17-6-8-20-9-7-17;/h3-5,12-13,17,20H,2,6-11,14H2,1H3,(H,21,25);1H. The van der Waals surface area contributed by atoms with Gasteiger partial charge in [0.1, 0.15) is 0 Å². The fourth-order valence-electron chi connectivity index (χ4n) is 3.02. The summed E-state index contributed by atoms with van der Waals surface area (Å²) in [6, 6.07) is 7.90. The number of carbonyl (C=O) groups is 1. The highest BCUT2D eigenvalue weighted by atomic mass is 35.5. The van der Waals surface area contributed by atoms with Crippen molar-refractivity contribution in [3.05, 3.63) is 41.7 Å². The van der Waals surface area contributed by atoms with Crippen molar-refractivity contribution in [2.45, 2.75) is 32.4 Å². The highest BCUT2D eigenvalue weighted by molar-refractivity contribution is 6.02. The number of anilines is 1. The summed E-state index contributed by atoms with van der Waals surface area (Å²) in [5, 5.41) is 14.4. The summed E-state index contributed by atoms with van der Waals surface area (Å²) in [7, 11) is 0. The zero-order valence-corrected chi connectivity index (χ0v) is 16.9. The van der Waals surface area contributed by atoms with Gasteiger partial charge in [-0.3, -0.25) is 4.79 Å². The molecule has 8 nitrogen and oxygen atoms in total. The molecule has 0 aliphatic carbocycles. The summed E-state index contributed by atoms with van der Waals surface area (Å²) in [5.74, 6) is -0.260. The molecule has 1 saturated heterocycles. The van der Waals surface area contributed by atoms with Gasteiger partial charge in [0.15, 0.2) is 5.69 Å². The van der Waals surface area contributed by atoms with Crippen LogP contribution in [0.15, 0.2) is 30.5 Å². The molecule has 1 aliphatic rings. The molecule has 0 atom stereocenters. The van der Waals surface area contributed by atoms with Crippen LogP contribution in [-0.4, -0.2) is 53.8 Å². The van der Waals surface area contributed by atoms with Crippen LogP contribution in [0.3, 0.4) is 0 Å². The SMILES string of the molecule is CCOCCOCc1cccc(NC(=O)c2cn(C3CCNCC3)nn2)c1.Cl. The van der Waals surface area contributed by atoms with Gasteiger partial charge in [0.05, 0.1) is 32.1 Å². The van der Waals surface area contributed by atoms with Crippen molar-refractivity contribution in [2.75, 3.05) is 38.2 Å². The Labute approximate surface area is 171 Å². The lowest BCUT2D eigenvalue weighted by atomic mass is 10.1. The number of carbonyl (C=O) groups excluding carboxylic acids is 1. The predicted octanol–water partition coefficient (Wildman–Crippen LogP) is 2.43. The van der Waals surface area contributed by atoms with Crippen LogP contribution >= 0.6 is 12.4 Å². The van der Waals surface area contributed by atoms with E-state index in [0.717, 1.165) is 31.5 Å². The monoisotopic (exact) mass is 409 g/mol. The van der Waals surface area contributed by atoms with E-state index in [1.807, 2.05) is 31.2 Å². The third-order valence-corrected chi connectivity index (χ3v) is 4.46. The zero-order chi connectivity index (χ0) is 18.9. The van der Waals surface area contributed by atoms with E-state index in [-0.39, 0.29) is 18.3 Å². The van der Waals surface area contributed by atoms with Gasteiger partial charge in [-0.15, -0.1) is 17.5 Å². The molecule has 0 bridgehead atoms. The molecule has 9 heteroatoms. The normalized spacial score (nSPS) is 14.5.